The number of hydrogen-bond donors (Lipinski definition) is 4. The van der Waals surface area contributed by atoms with Gasteiger partial charge in [-0.3, -0.25) is 18.9 Å². The molecule has 0 saturated heterocycles. The van der Waals surface area contributed by atoms with Crippen LogP contribution in [0.3, 0.4) is 0 Å². The van der Waals surface area contributed by atoms with Crippen LogP contribution in [0.1, 0.15) is 55.6 Å². The molecule has 2 atom stereocenters. The molecule has 0 spiro atoms. The molecule has 39 heavy (non-hydrogen) atoms. The molecule has 4 N–H and O–H groups in total. The number of aryl methyl sites for hydroxylation is 1. The second-order valence-electron chi connectivity index (χ2n) is 10.0. The Morgan fingerprint density at radius 2 is 1.62 bits per heavy atom. The number of esters is 1. The summed E-state index contributed by atoms with van der Waals surface area (Å²) in [5.74, 6) is -2.27. The third-order valence-electron chi connectivity index (χ3n) is 5.57. The maximum atomic E-state index is 13.6. The summed E-state index contributed by atoms with van der Waals surface area (Å²) in [6.07, 6.45) is 1.10. The summed E-state index contributed by atoms with van der Waals surface area (Å²) in [6, 6.07) is 12.0. The lowest BCUT2D eigenvalue weighted by Crippen LogP contribution is -2.42. The number of phenols is 1. The Morgan fingerprint density at radius 1 is 1.03 bits per heavy atom. The van der Waals surface area contributed by atoms with Crippen molar-refractivity contribution in [2.24, 2.45) is 5.92 Å². The number of hydrogen-bond acceptors (Lipinski definition) is 8. The van der Waals surface area contributed by atoms with Crippen molar-refractivity contribution in [2.75, 3.05) is 4.72 Å². The van der Waals surface area contributed by atoms with Gasteiger partial charge in [0.1, 0.15) is 22.3 Å². The largest absolute Gasteiger partial charge is 0.508 e. The molecule has 0 aliphatic rings. The van der Waals surface area contributed by atoms with Gasteiger partial charge in [0, 0.05) is 5.38 Å². The van der Waals surface area contributed by atoms with Gasteiger partial charge in [-0.05, 0) is 75.4 Å². The van der Waals surface area contributed by atoms with Crippen molar-refractivity contribution in [3.8, 4) is 5.75 Å². The number of carbonyl (C=O) groups is 2. The molecule has 0 bridgehead atoms. The van der Waals surface area contributed by atoms with Gasteiger partial charge in [0.25, 0.3) is 0 Å². The average Bonchev–Trinajstić information content (AvgIpc) is 3.31. The summed E-state index contributed by atoms with van der Waals surface area (Å²) in [5, 5.41) is 15.2. The van der Waals surface area contributed by atoms with Crippen LogP contribution in [0, 0.1) is 5.92 Å². The van der Waals surface area contributed by atoms with Crippen LogP contribution in [0.15, 0.2) is 53.9 Å². The SMILES string of the molecule is CCc1csc(C(Cc2ccc(NS(=O)(=O)O)cc2)NC(=O)C(Cc2ccc(O)cc2)C(=O)OC(C)(C)C)n1. The summed E-state index contributed by atoms with van der Waals surface area (Å²) in [4.78, 5) is 31.4. The Hall–Kier alpha value is -3.48. The zero-order chi connectivity index (χ0) is 28.8. The van der Waals surface area contributed by atoms with E-state index in [-0.39, 0.29) is 17.9 Å². The monoisotopic (exact) mass is 575 g/mol. The molecule has 1 aromatic heterocycles. The van der Waals surface area contributed by atoms with Gasteiger partial charge in [-0.25, -0.2) is 4.98 Å². The standard InChI is InChI=1S/C27H33N3O7S2/c1-5-19-16-38-25(28-19)23(15-18-6-10-20(11-7-18)30-39(34,35)36)29-24(32)22(26(33)37-27(2,3)4)14-17-8-12-21(31)13-9-17/h6-13,16,22-23,30-31H,5,14-15H2,1-4H3,(H,29,32)(H,34,35,36). The van der Waals surface area contributed by atoms with Crippen LogP contribution in [0.4, 0.5) is 5.69 Å². The Labute approximate surface area is 232 Å². The van der Waals surface area contributed by atoms with Gasteiger partial charge in [0.15, 0.2) is 0 Å². The van der Waals surface area contributed by atoms with E-state index >= 15 is 0 Å². The Kier molecular flexibility index (Phi) is 9.70. The van der Waals surface area contributed by atoms with Crippen molar-refractivity contribution < 1.29 is 32.4 Å². The number of aromatic nitrogens is 1. The van der Waals surface area contributed by atoms with Crippen LogP contribution >= 0.6 is 11.3 Å². The summed E-state index contributed by atoms with van der Waals surface area (Å²) in [6.45, 7) is 7.16. The van der Waals surface area contributed by atoms with Crippen LogP contribution in [0.2, 0.25) is 0 Å². The minimum atomic E-state index is -4.40. The second-order valence-corrected chi connectivity index (χ2v) is 12.1. The molecule has 3 aromatic rings. The van der Waals surface area contributed by atoms with Gasteiger partial charge in [-0.15, -0.1) is 11.3 Å². The number of anilines is 1. The first-order valence-electron chi connectivity index (χ1n) is 12.3. The van der Waals surface area contributed by atoms with Crippen LogP contribution in [-0.4, -0.2) is 40.5 Å². The minimum Gasteiger partial charge on any atom is -0.508 e. The first-order valence-corrected chi connectivity index (χ1v) is 14.6. The number of rotatable bonds is 11. The molecule has 0 fully saturated rings. The van der Waals surface area contributed by atoms with Gasteiger partial charge < -0.3 is 15.2 Å². The molecular weight excluding hydrogens is 542 g/mol. The fourth-order valence-corrected chi connectivity index (χ4v) is 5.12. The molecule has 2 aromatic carbocycles. The van der Waals surface area contributed by atoms with Gasteiger partial charge in [0.2, 0.25) is 5.91 Å². The normalized spacial score (nSPS) is 13.4. The minimum absolute atomic E-state index is 0.0713. The lowest BCUT2D eigenvalue weighted by molar-refractivity contribution is -0.162. The van der Waals surface area contributed by atoms with Crippen molar-refractivity contribution in [2.45, 2.75) is 58.6 Å². The molecule has 0 aliphatic heterocycles. The van der Waals surface area contributed by atoms with E-state index in [2.05, 4.69) is 10.3 Å². The summed E-state index contributed by atoms with van der Waals surface area (Å²) < 4.78 is 38.7. The maximum Gasteiger partial charge on any atom is 0.357 e. The van der Waals surface area contributed by atoms with Crippen LogP contribution in [0.5, 0.6) is 5.75 Å². The Bertz CT molecular complexity index is 1380. The molecule has 3 rings (SSSR count). The van der Waals surface area contributed by atoms with E-state index in [0.717, 1.165) is 11.3 Å². The van der Waals surface area contributed by atoms with E-state index in [1.165, 1.54) is 35.6 Å². The van der Waals surface area contributed by atoms with Crippen molar-refractivity contribution in [1.82, 2.24) is 10.3 Å². The van der Waals surface area contributed by atoms with Crippen molar-refractivity contribution >= 4 is 39.2 Å². The number of carbonyl (C=O) groups excluding carboxylic acids is 2. The quantitative estimate of drug-likeness (QED) is 0.150. The number of phenolic OH excluding ortho intramolecular Hbond substituents is 1. The van der Waals surface area contributed by atoms with Gasteiger partial charge >= 0.3 is 16.3 Å². The van der Waals surface area contributed by atoms with E-state index < -0.39 is 39.7 Å². The highest BCUT2D eigenvalue weighted by Gasteiger charge is 2.33. The zero-order valence-corrected chi connectivity index (χ0v) is 23.8. The lowest BCUT2D eigenvalue weighted by Gasteiger charge is -2.25. The topological polar surface area (TPSA) is 155 Å². The molecule has 2 unspecified atom stereocenters. The maximum absolute atomic E-state index is 13.6. The number of aromatic hydroxyl groups is 1. The van der Waals surface area contributed by atoms with E-state index in [9.17, 15) is 23.1 Å². The first kappa shape index (κ1) is 30.1. The number of nitrogens with zero attached hydrogens (tertiary/aromatic N) is 1. The summed E-state index contributed by atoms with van der Waals surface area (Å²) in [7, 11) is -4.40. The van der Waals surface area contributed by atoms with Gasteiger partial charge in [0.05, 0.1) is 17.4 Å². The van der Waals surface area contributed by atoms with Gasteiger partial charge in [-0.2, -0.15) is 8.42 Å². The summed E-state index contributed by atoms with van der Waals surface area (Å²) >= 11 is 1.40. The Balaban J connectivity index is 1.88. The Morgan fingerprint density at radius 3 is 2.15 bits per heavy atom. The number of thiazole rings is 1. The molecule has 0 aliphatic carbocycles. The van der Waals surface area contributed by atoms with Crippen molar-refractivity contribution in [1.29, 1.82) is 0 Å². The molecule has 0 radical (unpaired) electrons. The average molecular weight is 576 g/mol. The predicted molar refractivity (Wildman–Crippen MR) is 149 cm³/mol. The molecule has 0 saturated carbocycles. The molecule has 1 amide bonds. The number of ether oxygens (including phenoxy) is 1. The number of amides is 1. The van der Waals surface area contributed by atoms with E-state index in [4.69, 9.17) is 9.29 Å². The lowest BCUT2D eigenvalue weighted by atomic mass is 9.97. The molecular formula is C27H33N3O7S2. The molecule has 210 valence electrons. The third kappa shape index (κ3) is 9.65. The fraction of sp³-hybridized carbons (Fsp3) is 0.370. The highest BCUT2D eigenvalue weighted by Crippen LogP contribution is 2.26. The summed E-state index contributed by atoms with van der Waals surface area (Å²) in [5.41, 5.74) is 1.70. The molecule has 12 heteroatoms. The highest BCUT2D eigenvalue weighted by atomic mass is 32.2. The van der Waals surface area contributed by atoms with Crippen LogP contribution in [0.25, 0.3) is 0 Å². The zero-order valence-electron chi connectivity index (χ0n) is 22.2. The van der Waals surface area contributed by atoms with Crippen molar-refractivity contribution in [3.63, 3.8) is 0 Å². The van der Waals surface area contributed by atoms with Crippen LogP contribution < -0.4 is 10.0 Å². The highest BCUT2D eigenvalue weighted by molar-refractivity contribution is 7.87. The van der Waals surface area contributed by atoms with E-state index in [0.29, 0.717) is 23.4 Å². The first-order chi connectivity index (χ1) is 18.2. The fourth-order valence-electron chi connectivity index (χ4n) is 3.73. The second kappa shape index (κ2) is 12.6. The van der Waals surface area contributed by atoms with Crippen molar-refractivity contribution in [3.05, 3.63) is 75.7 Å². The van der Waals surface area contributed by atoms with E-state index in [1.54, 1.807) is 45.0 Å². The molecule has 10 nitrogen and oxygen atoms in total. The van der Waals surface area contributed by atoms with Gasteiger partial charge in [-0.1, -0.05) is 31.2 Å². The van der Waals surface area contributed by atoms with Crippen LogP contribution in [-0.2, 0) is 43.9 Å². The predicted octanol–water partition coefficient (Wildman–Crippen LogP) is 4.23. The number of nitrogens with one attached hydrogen (secondary N) is 2. The third-order valence-corrected chi connectivity index (χ3v) is 7.07. The molecule has 1 heterocycles. The van der Waals surface area contributed by atoms with E-state index in [1.807, 2.05) is 17.0 Å². The smallest absolute Gasteiger partial charge is 0.357 e. The number of benzene rings is 2.